The second-order valence-corrected chi connectivity index (χ2v) is 13.7. The lowest BCUT2D eigenvalue weighted by atomic mass is 10.1. The highest BCUT2D eigenvalue weighted by molar-refractivity contribution is 7.88. The van der Waals surface area contributed by atoms with E-state index < -0.39 is 28.0 Å². The second-order valence-electron chi connectivity index (χ2n) is 11.9. The molecular weight excluding hydrogens is 673 g/mol. The van der Waals surface area contributed by atoms with Crippen molar-refractivity contribution in [3.63, 3.8) is 0 Å². The number of hydrogen-bond acceptors (Lipinski definition) is 10. The van der Waals surface area contributed by atoms with E-state index in [1.54, 1.807) is 50.2 Å². The summed E-state index contributed by atoms with van der Waals surface area (Å²) in [6.45, 7) is 18.4. The van der Waals surface area contributed by atoms with Gasteiger partial charge in [-0.25, -0.2) is 37.4 Å². The Balaban J connectivity index is 1.36. The van der Waals surface area contributed by atoms with E-state index in [1.807, 2.05) is 49.9 Å². The number of sulfonamides is 1. The SMILES string of the molecule is [C-]#[N+]C1=C(C(=O)Oc2cccc(NC(=O)C(C)Oc3ccc(C)cc3)c2)c2nc(C)nn2C1=Nc1ccc(N(CC)CCNS(C)(=O)=O)cc1C. The molecule has 2 N–H and O–H groups in total. The van der Waals surface area contributed by atoms with Crippen molar-refractivity contribution in [3.05, 3.63) is 107 Å². The summed E-state index contributed by atoms with van der Waals surface area (Å²) in [7, 11) is -3.31. The summed E-state index contributed by atoms with van der Waals surface area (Å²) in [5.74, 6) is 0.0695. The quantitative estimate of drug-likeness (QED) is 0.113. The fourth-order valence-corrected chi connectivity index (χ4v) is 5.72. The van der Waals surface area contributed by atoms with Crippen LogP contribution in [-0.4, -0.2) is 72.9 Å². The number of carbonyl (C=O) groups excluding carboxylic acids is 2. The molecule has 0 fully saturated rings. The number of anilines is 2. The van der Waals surface area contributed by atoms with Crippen molar-refractivity contribution in [1.82, 2.24) is 19.5 Å². The van der Waals surface area contributed by atoms with Gasteiger partial charge >= 0.3 is 5.97 Å². The van der Waals surface area contributed by atoms with Crippen molar-refractivity contribution in [2.24, 2.45) is 4.99 Å². The average Bonchev–Trinajstić information content (AvgIpc) is 3.58. The minimum atomic E-state index is -3.31. The molecule has 3 aromatic carbocycles. The average molecular weight is 711 g/mol. The summed E-state index contributed by atoms with van der Waals surface area (Å²) in [6, 6.07) is 19.2. The van der Waals surface area contributed by atoms with Gasteiger partial charge in [-0.1, -0.05) is 23.8 Å². The van der Waals surface area contributed by atoms with Crippen molar-refractivity contribution < 1.29 is 27.5 Å². The minimum Gasteiger partial charge on any atom is -0.481 e. The molecule has 1 unspecified atom stereocenters. The fraction of sp³-hybridized carbons (Fsp3) is 0.278. The number of aromatic nitrogens is 3. The maximum atomic E-state index is 13.7. The molecule has 0 saturated carbocycles. The van der Waals surface area contributed by atoms with Crippen LogP contribution in [0.25, 0.3) is 10.4 Å². The number of fused-ring (bicyclic) bond motifs is 1. The molecule has 14 nitrogen and oxygen atoms in total. The van der Waals surface area contributed by atoms with Gasteiger partial charge in [-0.3, -0.25) is 4.79 Å². The number of hydrogen-bond donors (Lipinski definition) is 2. The lowest BCUT2D eigenvalue weighted by molar-refractivity contribution is -0.128. The predicted molar refractivity (Wildman–Crippen MR) is 195 cm³/mol. The summed E-state index contributed by atoms with van der Waals surface area (Å²) >= 11 is 0. The van der Waals surface area contributed by atoms with Gasteiger partial charge in [0.15, 0.2) is 17.8 Å². The van der Waals surface area contributed by atoms with E-state index in [1.165, 1.54) is 10.7 Å². The van der Waals surface area contributed by atoms with Crippen molar-refractivity contribution in [1.29, 1.82) is 0 Å². The van der Waals surface area contributed by atoms with Crippen LogP contribution in [0.5, 0.6) is 11.5 Å². The Hall–Kier alpha value is -5.85. The fourth-order valence-electron chi connectivity index (χ4n) is 5.26. The second kappa shape index (κ2) is 15.4. The number of likely N-dealkylation sites (N-methyl/N-ethyl adjacent to an activating group) is 1. The number of carbonyl (C=O) groups is 2. The van der Waals surface area contributed by atoms with Crippen LogP contribution in [0.1, 0.15) is 36.6 Å². The first kappa shape index (κ1) is 36.4. The van der Waals surface area contributed by atoms with Crippen molar-refractivity contribution in [2.45, 2.75) is 40.7 Å². The number of nitrogens with zero attached hydrogens (tertiary/aromatic N) is 6. The monoisotopic (exact) mass is 710 g/mol. The van der Waals surface area contributed by atoms with Crippen LogP contribution in [0.4, 0.5) is 17.1 Å². The van der Waals surface area contributed by atoms with E-state index >= 15 is 0 Å². The first-order chi connectivity index (χ1) is 24.3. The van der Waals surface area contributed by atoms with Gasteiger partial charge in [0, 0.05) is 37.1 Å². The van der Waals surface area contributed by atoms with Crippen LogP contribution in [0.2, 0.25) is 0 Å². The Morgan fingerprint density at radius 1 is 1.06 bits per heavy atom. The van der Waals surface area contributed by atoms with Gasteiger partial charge in [0.05, 0.1) is 18.5 Å². The number of rotatable bonds is 13. The summed E-state index contributed by atoms with van der Waals surface area (Å²) in [4.78, 5) is 41.4. The van der Waals surface area contributed by atoms with Crippen molar-refractivity contribution in [2.75, 3.05) is 36.1 Å². The van der Waals surface area contributed by atoms with Crippen molar-refractivity contribution >= 4 is 50.4 Å². The molecule has 1 aliphatic heterocycles. The number of aliphatic imine (C=N–C) groups is 1. The largest absolute Gasteiger partial charge is 0.481 e. The molecule has 0 spiro atoms. The van der Waals surface area contributed by atoms with Crippen LogP contribution in [0.3, 0.4) is 0 Å². The Kier molecular flexibility index (Phi) is 11.0. The number of esters is 1. The highest BCUT2D eigenvalue weighted by Crippen LogP contribution is 2.33. The Bertz CT molecular complexity index is 2190. The molecular formula is C36H38N8O6S. The maximum absolute atomic E-state index is 13.7. The van der Waals surface area contributed by atoms with Crippen LogP contribution >= 0.6 is 0 Å². The number of nitrogens with one attached hydrogen (secondary N) is 2. The summed E-state index contributed by atoms with van der Waals surface area (Å²) in [5.41, 5.74) is 3.47. The van der Waals surface area contributed by atoms with E-state index in [-0.39, 0.29) is 35.2 Å². The Morgan fingerprint density at radius 2 is 1.80 bits per heavy atom. The first-order valence-electron chi connectivity index (χ1n) is 16.1. The third kappa shape index (κ3) is 8.85. The predicted octanol–water partition coefficient (Wildman–Crippen LogP) is 4.81. The number of amides is 1. The van der Waals surface area contributed by atoms with E-state index in [4.69, 9.17) is 21.0 Å². The van der Waals surface area contributed by atoms with E-state index in [9.17, 15) is 18.0 Å². The van der Waals surface area contributed by atoms with E-state index in [0.29, 0.717) is 36.0 Å². The molecule has 51 heavy (non-hydrogen) atoms. The molecule has 1 aromatic heterocycles. The molecule has 4 aromatic rings. The molecule has 264 valence electrons. The van der Waals surface area contributed by atoms with Crippen LogP contribution in [0, 0.1) is 27.3 Å². The summed E-state index contributed by atoms with van der Waals surface area (Å²) in [6.07, 6.45) is 0.319. The topological polar surface area (TPSA) is 161 Å². The van der Waals surface area contributed by atoms with Gasteiger partial charge in [0.25, 0.3) is 5.91 Å². The Labute approximate surface area is 296 Å². The van der Waals surface area contributed by atoms with Gasteiger partial charge in [0.2, 0.25) is 15.7 Å². The molecule has 0 radical (unpaired) electrons. The lowest BCUT2D eigenvalue weighted by Crippen LogP contribution is -2.34. The van der Waals surface area contributed by atoms with Gasteiger partial charge < -0.3 is 19.7 Å². The third-order valence-corrected chi connectivity index (χ3v) is 8.55. The standard InChI is InChI=1S/C36H38N8O6S/c1-8-43(19-18-38-51(7,47)48)27-14-17-30(23(3)20-27)41-34-32(37-6)31(33-39-25(5)42-44(33)34)36(46)50-29-11-9-10-26(21-29)40-35(45)24(4)49-28-15-12-22(2)13-16-28/h9-17,20-21,24,38H,8,18-19H2,1-5,7H3,(H,40,45). The smallest absolute Gasteiger partial charge is 0.336 e. The van der Waals surface area contributed by atoms with Crippen molar-refractivity contribution in [3.8, 4) is 11.5 Å². The zero-order valence-corrected chi connectivity index (χ0v) is 29.9. The van der Waals surface area contributed by atoms with Gasteiger partial charge in [0.1, 0.15) is 22.9 Å². The molecule has 0 bridgehead atoms. The summed E-state index contributed by atoms with van der Waals surface area (Å²) in [5, 5.41) is 7.18. The lowest BCUT2D eigenvalue weighted by Gasteiger charge is -2.24. The molecule has 1 aliphatic rings. The number of ether oxygens (including phenoxy) is 2. The van der Waals surface area contributed by atoms with Gasteiger partial charge in [-0.15, -0.1) is 0 Å². The molecule has 1 amide bonds. The molecule has 5 rings (SSSR count). The Morgan fingerprint density at radius 3 is 2.47 bits per heavy atom. The zero-order chi connectivity index (χ0) is 36.9. The third-order valence-electron chi connectivity index (χ3n) is 7.82. The molecule has 0 aliphatic carbocycles. The highest BCUT2D eigenvalue weighted by Gasteiger charge is 2.37. The number of benzene rings is 3. The number of allylic oxidation sites excluding steroid dienone is 1. The van der Waals surface area contributed by atoms with Gasteiger partial charge in [-0.2, -0.15) is 5.10 Å². The molecule has 2 heterocycles. The zero-order valence-electron chi connectivity index (χ0n) is 29.1. The van der Waals surface area contributed by atoms with Crippen LogP contribution in [0.15, 0.2) is 77.4 Å². The maximum Gasteiger partial charge on any atom is 0.336 e. The number of aryl methyl sites for hydroxylation is 3. The van der Waals surface area contributed by atoms with Crippen LogP contribution in [-0.2, 0) is 19.6 Å². The highest BCUT2D eigenvalue weighted by atomic mass is 32.2. The van der Waals surface area contributed by atoms with E-state index in [0.717, 1.165) is 23.1 Å². The first-order valence-corrected chi connectivity index (χ1v) is 18.0. The van der Waals surface area contributed by atoms with E-state index in [2.05, 4.69) is 25.0 Å². The molecule has 1 atom stereocenters. The molecule has 0 saturated heterocycles. The summed E-state index contributed by atoms with van der Waals surface area (Å²) < 4.78 is 38.3. The normalized spacial score (nSPS) is 13.8. The van der Waals surface area contributed by atoms with Gasteiger partial charge in [-0.05, 0) is 82.6 Å². The van der Waals surface area contributed by atoms with Crippen LogP contribution < -0.4 is 24.4 Å². The minimum absolute atomic E-state index is 0.0768. The molecule has 15 heteroatoms.